The van der Waals surface area contributed by atoms with E-state index >= 15 is 0 Å². The van der Waals surface area contributed by atoms with Gasteiger partial charge in [-0.2, -0.15) is 0 Å². The second kappa shape index (κ2) is 7.29. The molecule has 3 rings (SSSR count). The number of aromatic nitrogens is 1. The van der Waals surface area contributed by atoms with Crippen LogP contribution in [0, 0.1) is 0 Å². The van der Waals surface area contributed by atoms with E-state index in [0.29, 0.717) is 0 Å². The maximum Gasteiger partial charge on any atom is 0.119 e. The molecule has 0 bridgehead atoms. The summed E-state index contributed by atoms with van der Waals surface area (Å²) in [6.07, 6.45) is 1.85. The fourth-order valence-electron chi connectivity index (χ4n) is 2.28. The summed E-state index contributed by atoms with van der Waals surface area (Å²) in [6, 6.07) is 16.1. The molecule has 4 heteroatoms. The van der Waals surface area contributed by atoms with Gasteiger partial charge in [0.1, 0.15) is 5.75 Å². The van der Waals surface area contributed by atoms with Gasteiger partial charge in [0.25, 0.3) is 0 Å². The lowest BCUT2D eigenvalue weighted by Crippen LogP contribution is -1.94. The molecule has 0 aliphatic carbocycles. The number of anilines is 1. The Labute approximate surface area is 140 Å². The molecule has 0 aliphatic rings. The van der Waals surface area contributed by atoms with Gasteiger partial charge in [-0.1, -0.05) is 19.1 Å². The van der Waals surface area contributed by atoms with Crippen molar-refractivity contribution in [3.63, 3.8) is 0 Å². The second-order valence-electron chi connectivity index (χ2n) is 5.42. The largest absolute Gasteiger partial charge is 0.494 e. The van der Waals surface area contributed by atoms with Gasteiger partial charge in [0, 0.05) is 23.1 Å². The molecule has 0 aliphatic heterocycles. The highest BCUT2D eigenvalue weighted by molar-refractivity contribution is 7.10. The van der Waals surface area contributed by atoms with Crippen LogP contribution in [0.2, 0.25) is 0 Å². The van der Waals surface area contributed by atoms with E-state index in [0.717, 1.165) is 47.2 Å². The molecule has 0 saturated carbocycles. The maximum absolute atomic E-state index is 5.72. The number of rotatable bonds is 6. The van der Waals surface area contributed by atoms with Gasteiger partial charge in [-0.15, -0.1) is 11.3 Å². The topological polar surface area (TPSA) is 48.1 Å². The van der Waals surface area contributed by atoms with Crippen molar-refractivity contribution >= 4 is 17.0 Å². The Balaban J connectivity index is 1.69. The first-order chi connectivity index (χ1) is 11.2. The molecule has 0 amide bonds. The molecule has 23 heavy (non-hydrogen) atoms. The SMILES string of the molecule is CCCOc1ccc(-c2csc(Cc3ccc(N)cc3)n2)cc1. The van der Waals surface area contributed by atoms with Gasteiger partial charge in [-0.25, -0.2) is 4.98 Å². The minimum Gasteiger partial charge on any atom is -0.494 e. The van der Waals surface area contributed by atoms with Gasteiger partial charge < -0.3 is 10.5 Å². The zero-order valence-corrected chi connectivity index (χ0v) is 14.0. The van der Waals surface area contributed by atoms with Crippen molar-refractivity contribution in [2.45, 2.75) is 19.8 Å². The van der Waals surface area contributed by atoms with E-state index in [1.807, 2.05) is 24.3 Å². The van der Waals surface area contributed by atoms with Crippen LogP contribution >= 0.6 is 11.3 Å². The van der Waals surface area contributed by atoms with Crippen molar-refractivity contribution in [2.75, 3.05) is 12.3 Å². The Morgan fingerprint density at radius 3 is 2.48 bits per heavy atom. The van der Waals surface area contributed by atoms with Gasteiger partial charge in [0.05, 0.1) is 17.3 Å². The summed E-state index contributed by atoms with van der Waals surface area (Å²) in [6.45, 7) is 2.86. The van der Waals surface area contributed by atoms with E-state index in [1.54, 1.807) is 11.3 Å². The van der Waals surface area contributed by atoms with Crippen LogP contribution in [0.5, 0.6) is 5.75 Å². The monoisotopic (exact) mass is 324 g/mol. The molecule has 0 radical (unpaired) electrons. The molecule has 2 N–H and O–H groups in total. The zero-order valence-electron chi connectivity index (χ0n) is 13.2. The number of nitrogens with two attached hydrogens (primary N) is 1. The maximum atomic E-state index is 5.72. The van der Waals surface area contributed by atoms with Gasteiger partial charge in [0.15, 0.2) is 0 Å². The van der Waals surface area contributed by atoms with Crippen LogP contribution in [0.1, 0.15) is 23.9 Å². The summed E-state index contributed by atoms with van der Waals surface area (Å²) in [7, 11) is 0. The number of hydrogen-bond donors (Lipinski definition) is 1. The standard InChI is InChI=1S/C19H20N2OS/c1-2-11-22-17-9-5-15(6-10-17)18-13-23-19(21-18)12-14-3-7-16(20)8-4-14/h3-10,13H,2,11-12,20H2,1H3. The van der Waals surface area contributed by atoms with Crippen LogP contribution in [-0.2, 0) is 6.42 Å². The molecule has 2 aromatic carbocycles. The fourth-order valence-corrected chi connectivity index (χ4v) is 3.11. The lowest BCUT2D eigenvalue weighted by atomic mass is 10.1. The average molecular weight is 324 g/mol. The molecule has 0 fully saturated rings. The van der Waals surface area contributed by atoms with Crippen LogP contribution in [0.25, 0.3) is 11.3 Å². The minimum absolute atomic E-state index is 0.752. The number of nitrogens with zero attached hydrogens (tertiary/aromatic N) is 1. The third kappa shape index (κ3) is 4.11. The quantitative estimate of drug-likeness (QED) is 0.664. The van der Waals surface area contributed by atoms with E-state index in [9.17, 15) is 0 Å². The second-order valence-corrected chi connectivity index (χ2v) is 6.36. The molecule has 0 saturated heterocycles. The van der Waals surface area contributed by atoms with E-state index in [4.69, 9.17) is 15.5 Å². The average Bonchev–Trinajstić information content (AvgIpc) is 3.04. The highest BCUT2D eigenvalue weighted by atomic mass is 32.1. The summed E-state index contributed by atoms with van der Waals surface area (Å²) in [5, 5.41) is 3.21. The molecule has 0 unspecified atom stereocenters. The molecule has 1 heterocycles. The molecule has 0 atom stereocenters. The van der Waals surface area contributed by atoms with Crippen LogP contribution in [-0.4, -0.2) is 11.6 Å². The third-order valence-electron chi connectivity index (χ3n) is 3.51. The van der Waals surface area contributed by atoms with Crippen molar-refractivity contribution in [3.05, 3.63) is 64.5 Å². The zero-order chi connectivity index (χ0) is 16.1. The van der Waals surface area contributed by atoms with Crippen LogP contribution in [0.4, 0.5) is 5.69 Å². The molecular formula is C19H20N2OS. The van der Waals surface area contributed by atoms with E-state index in [-0.39, 0.29) is 0 Å². The molecule has 118 valence electrons. The smallest absolute Gasteiger partial charge is 0.119 e. The first-order valence-corrected chi connectivity index (χ1v) is 8.64. The molecule has 3 nitrogen and oxygen atoms in total. The summed E-state index contributed by atoms with van der Waals surface area (Å²) < 4.78 is 5.61. The molecule has 3 aromatic rings. The fraction of sp³-hybridized carbons (Fsp3) is 0.211. The number of nitrogen functional groups attached to an aromatic ring is 1. The van der Waals surface area contributed by atoms with Crippen LogP contribution in [0.15, 0.2) is 53.9 Å². The highest BCUT2D eigenvalue weighted by Crippen LogP contribution is 2.25. The number of benzene rings is 2. The van der Waals surface area contributed by atoms with Crippen LogP contribution < -0.4 is 10.5 Å². The lowest BCUT2D eigenvalue weighted by molar-refractivity contribution is 0.317. The Morgan fingerprint density at radius 2 is 1.78 bits per heavy atom. The molecular weight excluding hydrogens is 304 g/mol. The van der Waals surface area contributed by atoms with Crippen molar-refractivity contribution in [1.29, 1.82) is 0 Å². The van der Waals surface area contributed by atoms with Gasteiger partial charge in [-0.05, 0) is 48.4 Å². The van der Waals surface area contributed by atoms with Gasteiger partial charge in [0.2, 0.25) is 0 Å². The summed E-state index contributed by atoms with van der Waals surface area (Å²) in [5.41, 5.74) is 9.87. The predicted molar refractivity (Wildman–Crippen MR) is 97.0 cm³/mol. The van der Waals surface area contributed by atoms with E-state index in [2.05, 4.69) is 36.6 Å². The lowest BCUT2D eigenvalue weighted by Gasteiger charge is -2.04. The summed E-state index contributed by atoms with van der Waals surface area (Å²) in [5.74, 6) is 0.910. The van der Waals surface area contributed by atoms with Gasteiger partial charge in [-0.3, -0.25) is 0 Å². The Bertz CT molecular complexity index is 748. The number of thiazole rings is 1. The first-order valence-electron chi connectivity index (χ1n) is 7.76. The van der Waals surface area contributed by atoms with Gasteiger partial charge >= 0.3 is 0 Å². The Kier molecular flexibility index (Phi) is 4.93. The number of ether oxygens (including phenoxy) is 1. The normalized spacial score (nSPS) is 10.7. The van der Waals surface area contributed by atoms with Crippen LogP contribution in [0.3, 0.4) is 0 Å². The highest BCUT2D eigenvalue weighted by Gasteiger charge is 2.06. The van der Waals surface area contributed by atoms with Crippen molar-refractivity contribution in [2.24, 2.45) is 0 Å². The predicted octanol–water partition coefficient (Wildman–Crippen LogP) is 4.77. The molecule has 0 spiro atoms. The van der Waals surface area contributed by atoms with E-state index < -0.39 is 0 Å². The third-order valence-corrected chi connectivity index (χ3v) is 4.36. The summed E-state index contributed by atoms with van der Waals surface area (Å²) >= 11 is 1.69. The first kappa shape index (κ1) is 15.6. The summed E-state index contributed by atoms with van der Waals surface area (Å²) in [4.78, 5) is 4.74. The van der Waals surface area contributed by atoms with E-state index in [1.165, 1.54) is 5.56 Å². The Morgan fingerprint density at radius 1 is 1.04 bits per heavy atom. The van der Waals surface area contributed by atoms with Crippen molar-refractivity contribution in [1.82, 2.24) is 4.98 Å². The van der Waals surface area contributed by atoms with Crippen molar-refractivity contribution < 1.29 is 4.74 Å². The molecule has 1 aromatic heterocycles. The number of hydrogen-bond acceptors (Lipinski definition) is 4. The Hall–Kier alpha value is -2.33. The minimum atomic E-state index is 0.752. The van der Waals surface area contributed by atoms with Crippen molar-refractivity contribution in [3.8, 4) is 17.0 Å².